The number of hydrogen-bond donors (Lipinski definition) is 0. The van der Waals surface area contributed by atoms with E-state index in [2.05, 4.69) is 4.98 Å². The molecule has 0 N–H and O–H groups in total. The van der Waals surface area contributed by atoms with Crippen LogP contribution in [0.2, 0.25) is 0 Å². The Morgan fingerprint density at radius 2 is 1.87 bits per heavy atom. The molecule has 0 atom stereocenters. The summed E-state index contributed by atoms with van der Waals surface area (Å²) >= 11 is 0. The molecule has 0 unspecified atom stereocenters. The minimum absolute atomic E-state index is 0.164. The van der Waals surface area contributed by atoms with Crippen LogP contribution >= 0.6 is 0 Å². The second-order valence-corrected chi connectivity index (χ2v) is 6.89. The van der Waals surface area contributed by atoms with Gasteiger partial charge in [-0.2, -0.15) is 4.98 Å². The van der Waals surface area contributed by atoms with Crippen LogP contribution in [-0.2, 0) is 18.3 Å². The third kappa shape index (κ3) is 2.79. The molecule has 158 valence electrons. The van der Waals surface area contributed by atoms with E-state index in [1.165, 1.54) is 16.2 Å². The Kier molecular flexibility index (Phi) is 4.86. The van der Waals surface area contributed by atoms with E-state index in [1.807, 2.05) is 29.8 Å². The number of benzene rings is 1. The van der Waals surface area contributed by atoms with E-state index in [-0.39, 0.29) is 13.2 Å². The van der Waals surface area contributed by atoms with Crippen molar-refractivity contribution in [1.29, 1.82) is 0 Å². The minimum Gasteiger partial charge on any atom is -0.497 e. The SMILES string of the molecule is COCCn1c(=O)c2c(nc3n(-c4ccc(OC)cc4OC)c(C)cn23)n(C)c1=O. The zero-order chi connectivity index (χ0) is 21.6. The smallest absolute Gasteiger partial charge is 0.332 e. The molecule has 0 aliphatic rings. The Balaban J connectivity index is 2.06. The molecule has 0 spiro atoms. The molecule has 10 nitrogen and oxygen atoms in total. The molecule has 3 aromatic heterocycles. The first kappa shape index (κ1) is 19.8. The Labute approximate surface area is 171 Å². The molecule has 1 aromatic carbocycles. The van der Waals surface area contributed by atoms with Gasteiger partial charge in [-0.3, -0.25) is 22.9 Å². The second kappa shape index (κ2) is 7.38. The Bertz CT molecular complexity index is 1370. The average Bonchev–Trinajstić information content (AvgIpc) is 3.26. The number of fused-ring (bicyclic) bond motifs is 3. The highest BCUT2D eigenvalue weighted by Crippen LogP contribution is 2.31. The quantitative estimate of drug-likeness (QED) is 0.470. The summed E-state index contributed by atoms with van der Waals surface area (Å²) in [6, 6.07) is 5.46. The number of imidazole rings is 2. The highest BCUT2D eigenvalue weighted by Gasteiger charge is 2.22. The molecule has 0 saturated heterocycles. The lowest BCUT2D eigenvalue weighted by Gasteiger charge is -2.12. The summed E-state index contributed by atoms with van der Waals surface area (Å²) < 4.78 is 22.0. The molecule has 0 aliphatic heterocycles. The molecule has 10 heteroatoms. The van der Waals surface area contributed by atoms with Gasteiger partial charge in [0.05, 0.1) is 33.1 Å². The summed E-state index contributed by atoms with van der Waals surface area (Å²) in [5, 5.41) is 0. The van der Waals surface area contributed by atoms with Crippen LogP contribution in [0.15, 0.2) is 34.0 Å². The fraction of sp³-hybridized carbons (Fsp3) is 0.350. The van der Waals surface area contributed by atoms with Crippen LogP contribution in [-0.4, -0.2) is 51.0 Å². The molecule has 3 heterocycles. The Morgan fingerprint density at radius 3 is 2.53 bits per heavy atom. The van der Waals surface area contributed by atoms with Gasteiger partial charge in [0.2, 0.25) is 5.78 Å². The van der Waals surface area contributed by atoms with Gasteiger partial charge >= 0.3 is 5.69 Å². The second-order valence-electron chi connectivity index (χ2n) is 6.89. The lowest BCUT2D eigenvalue weighted by molar-refractivity contribution is 0.184. The minimum atomic E-state index is -0.435. The van der Waals surface area contributed by atoms with Gasteiger partial charge in [0.1, 0.15) is 11.5 Å². The van der Waals surface area contributed by atoms with Crippen LogP contribution < -0.4 is 20.7 Å². The number of hydrogen-bond acceptors (Lipinski definition) is 6. The van der Waals surface area contributed by atoms with Gasteiger partial charge in [-0.25, -0.2) is 4.79 Å². The molecule has 0 radical (unpaired) electrons. The highest BCUT2D eigenvalue weighted by atomic mass is 16.5. The topological polar surface area (TPSA) is 93.9 Å². The Hall–Kier alpha value is -3.53. The Morgan fingerprint density at radius 1 is 1.10 bits per heavy atom. The molecule has 0 saturated carbocycles. The van der Waals surface area contributed by atoms with E-state index in [1.54, 1.807) is 31.7 Å². The number of rotatable bonds is 6. The number of aryl methyl sites for hydroxylation is 2. The molecular weight excluding hydrogens is 390 g/mol. The van der Waals surface area contributed by atoms with Crippen molar-refractivity contribution < 1.29 is 14.2 Å². The van der Waals surface area contributed by atoms with Gasteiger partial charge in [-0.15, -0.1) is 0 Å². The van der Waals surface area contributed by atoms with Gasteiger partial charge in [0.15, 0.2) is 11.2 Å². The van der Waals surface area contributed by atoms with Crippen LogP contribution in [0.1, 0.15) is 5.69 Å². The predicted molar refractivity (Wildman–Crippen MR) is 111 cm³/mol. The first-order valence-electron chi connectivity index (χ1n) is 9.34. The van der Waals surface area contributed by atoms with Crippen LogP contribution in [0.25, 0.3) is 22.6 Å². The van der Waals surface area contributed by atoms with E-state index in [0.717, 1.165) is 11.4 Å². The zero-order valence-corrected chi connectivity index (χ0v) is 17.5. The highest BCUT2D eigenvalue weighted by molar-refractivity contribution is 5.77. The van der Waals surface area contributed by atoms with E-state index < -0.39 is 11.2 Å². The lowest BCUT2D eigenvalue weighted by atomic mass is 10.2. The molecule has 0 aliphatic carbocycles. The molecule has 4 rings (SSSR count). The normalized spacial score (nSPS) is 11.5. The van der Waals surface area contributed by atoms with Gasteiger partial charge in [0, 0.05) is 32.1 Å². The lowest BCUT2D eigenvalue weighted by Crippen LogP contribution is -2.40. The number of methoxy groups -OCH3 is 3. The first-order chi connectivity index (χ1) is 14.4. The summed E-state index contributed by atoms with van der Waals surface area (Å²) in [5.41, 5.74) is 1.39. The zero-order valence-electron chi connectivity index (χ0n) is 17.5. The number of aromatic nitrogens is 5. The third-order valence-electron chi connectivity index (χ3n) is 5.17. The largest absolute Gasteiger partial charge is 0.497 e. The molecule has 4 aromatic rings. The van der Waals surface area contributed by atoms with Crippen LogP contribution in [0.4, 0.5) is 0 Å². The van der Waals surface area contributed by atoms with Crippen molar-refractivity contribution in [1.82, 2.24) is 23.1 Å². The summed E-state index contributed by atoms with van der Waals surface area (Å²) in [5.74, 6) is 1.75. The fourth-order valence-electron chi connectivity index (χ4n) is 3.66. The van der Waals surface area contributed by atoms with Crippen molar-refractivity contribution in [2.45, 2.75) is 13.5 Å². The van der Waals surface area contributed by atoms with Crippen molar-refractivity contribution >= 4 is 16.9 Å². The van der Waals surface area contributed by atoms with E-state index in [0.29, 0.717) is 28.4 Å². The van der Waals surface area contributed by atoms with Gasteiger partial charge in [-0.05, 0) is 19.1 Å². The van der Waals surface area contributed by atoms with E-state index >= 15 is 0 Å². The van der Waals surface area contributed by atoms with Crippen molar-refractivity contribution in [2.24, 2.45) is 7.05 Å². The summed E-state index contributed by atoms with van der Waals surface area (Å²) in [6.07, 6.45) is 1.82. The molecule has 0 bridgehead atoms. The number of nitrogens with zero attached hydrogens (tertiary/aromatic N) is 5. The summed E-state index contributed by atoms with van der Waals surface area (Å²) in [4.78, 5) is 30.4. The maximum Gasteiger partial charge on any atom is 0.332 e. The summed E-state index contributed by atoms with van der Waals surface area (Å²) in [7, 11) is 6.29. The maximum atomic E-state index is 13.1. The maximum absolute atomic E-state index is 13.1. The van der Waals surface area contributed by atoms with E-state index in [4.69, 9.17) is 14.2 Å². The van der Waals surface area contributed by atoms with Crippen molar-refractivity contribution in [3.8, 4) is 17.2 Å². The predicted octanol–water partition coefficient (Wildman–Crippen LogP) is 1.11. The average molecular weight is 413 g/mol. The van der Waals surface area contributed by atoms with Gasteiger partial charge < -0.3 is 14.2 Å². The third-order valence-corrected chi connectivity index (χ3v) is 5.17. The van der Waals surface area contributed by atoms with Crippen LogP contribution in [0, 0.1) is 6.92 Å². The standard InChI is InChI=1S/C20H23N5O5/c1-12-11-24-16-17(22(2)20(27)23(18(16)26)8-9-28-3)21-19(24)25(12)14-7-6-13(29-4)10-15(14)30-5/h6-7,10-11H,8-9H2,1-5H3. The van der Waals surface area contributed by atoms with Gasteiger partial charge in [0.25, 0.3) is 5.56 Å². The molecule has 30 heavy (non-hydrogen) atoms. The number of ether oxygens (including phenoxy) is 3. The molecular formula is C20H23N5O5. The molecule has 0 fully saturated rings. The van der Waals surface area contributed by atoms with Crippen LogP contribution in [0.5, 0.6) is 11.5 Å². The fourth-order valence-corrected chi connectivity index (χ4v) is 3.66. The van der Waals surface area contributed by atoms with Crippen molar-refractivity contribution in [2.75, 3.05) is 27.9 Å². The summed E-state index contributed by atoms with van der Waals surface area (Å²) in [6.45, 7) is 2.33. The molecule has 0 amide bonds. The first-order valence-corrected chi connectivity index (χ1v) is 9.34. The van der Waals surface area contributed by atoms with E-state index in [9.17, 15) is 9.59 Å². The van der Waals surface area contributed by atoms with Crippen LogP contribution in [0.3, 0.4) is 0 Å². The monoisotopic (exact) mass is 413 g/mol. The van der Waals surface area contributed by atoms with Crippen molar-refractivity contribution in [3.63, 3.8) is 0 Å². The van der Waals surface area contributed by atoms with Crippen molar-refractivity contribution in [3.05, 3.63) is 50.9 Å². The van der Waals surface area contributed by atoms with Gasteiger partial charge in [-0.1, -0.05) is 0 Å².